The van der Waals surface area contributed by atoms with Gasteiger partial charge in [0.15, 0.2) is 0 Å². The van der Waals surface area contributed by atoms with E-state index in [-0.39, 0.29) is 0 Å². The molecule has 0 atom stereocenters. The molecule has 0 spiro atoms. The van der Waals surface area contributed by atoms with Crippen molar-refractivity contribution in [3.8, 4) is 5.75 Å². The van der Waals surface area contributed by atoms with Gasteiger partial charge in [0.1, 0.15) is 5.75 Å². The van der Waals surface area contributed by atoms with Crippen molar-refractivity contribution in [3.05, 3.63) is 29.3 Å². The number of hydrogen-bond donors (Lipinski definition) is 1. The number of nitrogens with one attached hydrogen (secondary N) is 1. The van der Waals surface area contributed by atoms with Crippen molar-refractivity contribution in [2.24, 2.45) is 0 Å². The molecule has 0 aliphatic rings. The molecule has 0 saturated heterocycles. The molecule has 1 aromatic rings. The number of hydrogen-bond acceptors (Lipinski definition) is 3. The molecule has 15 heavy (non-hydrogen) atoms. The number of ether oxygens (including phenoxy) is 1. The molecular weight excluding hydrogens is 206 g/mol. The summed E-state index contributed by atoms with van der Waals surface area (Å²) in [4.78, 5) is 0. The summed E-state index contributed by atoms with van der Waals surface area (Å²) in [6.45, 7) is 3.09. The molecule has 0 aliphatic carbocycles. The fraction of sp³-hybridized carbons (Fsp3) is 0.500. The highest BCUT2D eigenvalue weighted by molar-refractivity contribution is 7.98. The summed E-state index contributed by atoms with van der Waals surface area (Å²) in [5.41, 5.74) is 2.60. The number of benzene rings is 1. The van der Waals surface area contributed by atoms with E-state index in [1.807, 2.05) is 18.8 Å². The Labute approximate surface area is 96.4 Å². The van der Waals surface area contributed by atoms with Crippen molar-refractivity contribution < 1.29 is 4.74 Å². The molecule has 0 aromatic heterocycles. The van der Waals surface area contributed by atoms with Crippen LogP contribution in [0.5, 0.6) is 5.75 Å². The average Bonchev–Trinajstić information content (AvgIpc) is 2.27. The first-order valence-electron chi connectivity index (χ1n) is 5.20. The number of rotatable bonds is 6. The van der Waals surface area contributed by atoms with E-state index in [9.17, 15) is 0 Å². The lowest BCUT2D eigenvalue weighted by molar-refractivity contribution is 0.411. The van der Waals surface area contributed by atoms with Gasteiger partial charge in [0, 0.05) is 17.9 Å². The van der Waals surface area contributed by atoms with E-state index in [1.165, 1.54) is 11.1 Å². The molecule has 1 N–H and O–H groups in total. The van der Waals surface area contributed by atoms with Gasteiger partial charge < -0.3 is 10.1 Å². The second-order valence-electron chi connectivity index (χ2n) is 3.31. The summed E-state index contributed by atoms with van der Waals surface area (Å²) in [5, 5.41) is 3.16. The van der Waals surface area contributed by atoms with E-state index >= 15 is 0 Å². The van der Waals surface area contributed by atoms with Gasteiger partial charge in [-0.05, 0) is 30.5 Å². The Bertz CT molecular complexity index is 302. The standard InChI is InChI=1S/C12H19NOS/c1-4-15-9-11-7-10(8-13-2)5-6-12(11)14-3/h5-7,13H,4,8-9H2,1-3H3. The Morgan fingerprint density at radius 3 is 2.80 bits per heavy atom. The van der Waals surface area contributed by atoms with Gasteiger partial charge in [-0.3, -0.25) is 0 Å². The third-order valence-corrected chi connectivity index (χ3v) is 3.11. The lowest BCUT2D eigenvalue weighted by atomic mass is 10.1. The maximum atomic E-state index is 5.34. The van der Waals surface area contributed by atoms with Crippen LogP contribution in [-0.2, 0) is 12.3 Å². The van der Waals surface area contributed by atoms with E-state index in [4.69, 9.17) is 4.74 Å². The van der Waals surface area contributed by atoms with Gasteiger partial charge in [0.05, 0.1) is 7.11 Å². The lowest BCUT2D eigenvalue weighted by Crippen LogP contribution is -2.05. The number of thioether (sulfide) groups is 1. The fourth-order valence-electron chi connectivity index (χ4n) is 1.47. The van der Waals surface area contributed by atoms with Crippen molar-refractivity contribution in [1.29, 1.82) is 0 Å². The van der Waals surface area contributed by atoms with Crippen LogP contribution in [0.2, 0.25) is 0 Å². The summed E-state index contributed by atoms with van der Waals surface area (Å²) in [5.74, 6) is 3.16. The molecule has 0 unspecified atom stereocenters. The highest BCUT2D eigenvalue weighted by Crippen LogP contribution is 2.24. The van der Waals surface area contributed by atoms with Gasteiger partial charge in [-0.15, -0.1) is 0 Å². The molecule has 1 rings (SSSR count). The second kappa shape index (κ2) is 6.75. The average molecular weight is 225 g/mol. The minimum Gasteiger partial charge on any atom is -0.496 e. The smallest absolute Gasteiger partial charge is 0.122 e. The van der Waals surface area contributed by atoms with Crippen LogP contribution in [0.15, 0.2) is 18.2 Å². The first-order chi connectivity index (χ1) is 7.31. The lowest BCUT2D eigenvalue weighted by Gasteiger charge is -2.10. The SMILES string of the molecule is CCSCc1cc(CNC)ccc1OC. The molecule has 1 aromatic carbocycles. The Morgan fingerprint density at radius 2 is 2.20 bits per heavy atom. The van der Waals surface area contributed by atoms with Gasteiger partial charge in [-0.25, -0.2) is 0 Å². The highest BCUT2D eigenvalue weighted by Gasteiger charge is 2.03. The normalized spacial score (nSPS) is 10.3. The van der Waals surface area contributed by atoms with Crippen molar-refractivity contribution in [3.63, 3.8) is 0 Å². The molecule has 2 nitrogen and oxygen atoms in total. The summed E-state index contributed by atoms with van der Waals surface area (Å²) < 4.78 is 5.34. The van der Waals surface area contributed by atoms with E-state index < -0.39 is 0 Å². The zero-order valence-electron chi connectivity index (χ0n) is 9.67. The van der Waals surface area contributed by atoms with Crippen LogP contribution in [0, 0.1) is 0 Å². The van der Waals surface area contributed by atoms with Crippen LogP contribution in [-0.4, -0.2) is 19.9 Å². The molecule has 0 aliphatic heterocycles. The minimum atomic E-state index is 0.911. The van der Waals surface area contributed by atoms with Crippen LogP contribution in [0.25, 0.3) is 0 Å². The van der Waals surface area contributed by atoms with E-state index in [0.29, 0.717) is 0 Å². The van der Waals surface area contributed by atoms with Crippen LogP contribution in [0.4, 0.5) is 0 Å². The zero-order valence-corrected chi connectivity index (χ0v) is 10.5. The molecule has 0 fully saturated rings. The molecule has 84 valence electrons. The summed E-state index contributed by atoms with van der Waals surface area (Å²) in [7, 11) is 3.69. The maximum Gasteiger partial charge on any atom is 0.122 e. The largest absolute Gasteiger partial charge is 0.496 e. The van der Waals surface area contributed by atoms with Gasteiger partial charge in [-0.2, -0.15) is 11.8 Å². The second-order valence-corrected chi connectivity index (χ2v) is 4.59. The van der Waals surface area contributed by atoms with Crippen molar-refractivity contribution in [2.75, 3.05) is 19.9 Å². The Morgan fingerprint density at radius 1 is 1.40 bits per heavy atom. The third-order valence-electron chi connectivity index (χ3n) is 2.19. The van der Waals surface area contributed by atoms with Crippen LogP contribution in [0.3, 0.4) is 0 Å². The fourth-order valence-corrected chi connectivity index (χ4v) is 2.12. The highest BCUT2D eigenvalue weighted by atomic mass is 32.2. The topological polar surface area (TPSA) is 21.3 Å². The van der Waals surface area contributed by atoms with Crippen molar-refractivity contribution in [2.45, 2.75) is 19.2 Å². The Balaban J connectivity index is 2.81. The quantitative estimate of drug-likeness (QED) is 0.804. The maximum absolute atomic E-state index is 5.34. The van der Waals surface area contributed by atoms with Crippen LogP contribution >= 0.6 is 11.8 Å². The molecule has 0 bridgehead atoms. The van der Waals surface area contributed by atoms with Gasteiger partial charge in [-0.1, -0.05) is 13.0 Å². The predicted octanol–water partition coefficient (Wildman–Crippen LogP) is 2.67. The Kier molecular flexibility index (Phi) is 5.58. The monoisotopic (exact) mass is 225 g/mol. The molecule has 0 heterocycles. The van der Waals surface area contributed by atoms with Crippen molar-refractivity contribution in [1.82, 2.24) is 5.32 Å². The molecular formula is C12H19NOS. The first-order valence-corrected chi connectivity index (χ1v) is 6.35. The predicted molar refractivity (Wildman–Crippen MR) is 67.6 cm³/mol. The third kappa shape index (κ3) is 3.76. The van der Waals surface area contributed by atoms with E-state index in [2.05, 4.69) is 30.4 Å². The Hall–Kier alpha value is -0.670. The zero-order chi connectivity index (χ0) is 11.1. The molecule has 0 radical (unpaired) electrons. The summed E-state index contributed by atoms with van der Waals surface area (Å²) >= 11 is 1.92. The molecule has 3 heteroatoms. The van der Waals surface area contributed by atoms with Gasteiger partial charge in [0.2, 0.25) is 0 Å². The van der Waals surface area contributed by atoms with E-state index in [0.717, 1.165) is 23.8 Å². The van der Waals surface area contributed by atoms with Crippen LogP contribution < -0.4 is 10.1 Å². The van der Waals surface area contributed by atoms with Gasteiger partial charge >= 0.3 is 0 Å². The summed E-state index contributed by atoms with van der Waals surface area (Å²) in [6, 6.07) is 6.38. The minimum absolute atomic E-state index is 0.911. The van der Waals surface area contributed by atoms with Crippen molar-refractivity contribution >= 4 is 11.8 Å². The first kappa shape index (κ1) is 12.4. The molecule has 0 saturated carbocycles. The summed E-state index contributed by atoms with van der Waals surface area (Å²) in [6.07, 6.45) is 0. The van der Waals surface area contributed by atoms with Crippen LogP contribution in [0.1, 0.15) is 18.1 Å². The van der Waals surface area contributed by atoms with E-state index in [1.54, 1.807) is 7.11 Å². The van der Waals surface area contributed by atoms with Gasteiger partial charge in [0.25, 0.3) is 0 Å². The molecule has 0 amide bonds. The number of methoxy groups -OCH3 is 1.